The number of nitrogens with zero attached hydrogens (tertiary/aromatic N) is 5. The number of pyridine rings is 1. The zero-order valence-electron chi connectivity index (χ0n) is 16.0. The molecule has 9 heteroatoms. The SMILES string of the molecule is Cc1ncc2c(n1)C1(CCN(S(C)(=O)=O)CC1)CN(C(=O)c1ccccn1)C2. The molecule has 8 nitrogen and oxygen atoms in total. The lowest BCUT2D eigenvalue weighted by Crippen LogP contribution is -2.54. The van der Waals surface area contributed by atoms with Crippen molar-refractivity contribution in [3.05, 3.63) is 53.4 Å². The molecule has 2 aromatic heterocycles. The number of carbonyl (C=O) groups is 1. The number of aromatic nitrogens is 3. The highest BCUT2D eigenvalue weighted by molar-refractivity contribution is 7.88. The van der Waals surface area contributed by atoms with E-state index in [1.165, 1.54) is 10.6 Å². The van der Waals surface area contributed by atoms with Crippen molar-refractivity contribution in [2.45, 2.75) is 31.7 Å². The van der Waals surface area contributed by atoms with Crippen LogP contribution in [0.15, 0.2) is 30.6 Å². The van der Waals surface area contributed by atoms with Crippen LogP contribution in [0.25, 0.3) is 0 Å². The van der Waals surface area contributed by atoms with Gasteiger partial charge in [-0.3, -0.25) is 9.78 Å². The second-order valence-electron chi connectivity index (χ2n) is 7.61. The summed E-state index contributed by atoms with van der Waals surface area (Å²) >= 11 is 0. The van der Waals surface area contributed by atoms with Crippen molar-refractivity contribution in [2.75, 3.05) is 25.9 Å². The highest BCUT2D eigenvalue weighted by Gasteiger charge is 2.46. The Kier molecular flexibility index (Phi) is 4.67. The molecule has 1 fully saturated rings. The maximum atomic E-state index is 13.0. The van der Waals surface area contributed by atoms with Gasteiger partial charge in [0, 0.05) is 49.6 Å². The zero-order valence-corrected chi connectivity index (χ0v) is 16.8. The molecule has 2 aromatic rings. The number of amides is 1. The van der Waals surface area contributed by atoms with Gasteiger partial charge in [-0.2, -0.15) is 0 Å². The molecule has 0 atom stereocenters. The molecule has 4 heterocycles. The van der Waals surface area contributed by atoms with Gasteiger partial charge in [0.25, 0.3) is 5.91 Å². The molecule has 28 heavy (non-hydrogen) atoms. The lowest BCUT2D eigenvalue weighted by molar-refractivity contribution is 0.0606. The summed E-state index contributed by atoms with van der Waals surface area (Å²) in [5.74, 6) is 0.560. The second kappa shape index (κ2) is 6.89. The van der Waals surface area contributed by atoms with Crippen LogP contribution in [0.5, 0.6) is 0 Å². The molecule has 1 spiro atoms. The minimum absolute atomic E-state index is 0.128. The summed E-state index contributed by atoms with van der Waals surface area (Å²) in [5.41, 5.74) is 1.92. The Bertz CT molecular complexity index is 1000. The number of sulfonamides is 1. The third-order valence-corrected chi connectivity index (χ3v) is 6.96. The van der Waals surface area contributed by atoms with Gasteiger partial charge < -0.3 is 4.90 Å². The summed E-state index contributed by atoms with van der Waals surface area (Å²) in [6.07, 6.45) is 5.88. The van der Waals surface area contributed by atoms with E-state index in [0.29, 0.717) is 50.5 Å². The van der Waals surface area contributed by atoms with E-state index in [1.54, 1.807) is 35.5 Å². The quantitative estimate of drug-likeness (QED) is 0.748. The predicted molar refractivity (Wildman–Crippen MR) is 103 cm³/mol. The highest BCUT2D eigenvalue weighted by Crippen LogP contribution is 2.41. The van der Waals surface area contributed by atoms with Gasteiger partial charge in [-0.15, -0.1) is 0 Å². The average molecular weight is 401 g/mol. The van der Waals surface area contributed by atoms with E-state index < -0.39 is 10.0 Å². The first-order valence-corrected chi connectivity index (χ1v) is 11.1. The van der Waals surface area contributed by atoms with Gasteiger partial charge in [0.2, 0.25) is 10.0 Å². The molecule has 0 N–H and O–H groups in total. The summed E-state index contributed by atoms with van der Waals surface area (Å²) in [7, 11) is -3.23. The Hall–Kier alpha value is -2.39. The number of aryl methyl sites for hydroxylation is 1. The summed E-state index contributed by atoms with van der Waals surface area (Å²) in [6.45, 7) is 3.64. The van der Waals surface area contributed by atoms with Crippen LogP contribution in [0.2, 0.25) is 0 Å². The van der Waals surface area contributed by atoms with Crippen molar-refractivity contribution in [3.63, 3.8) is 0 Å². The molecular weight excluding hydrogens is 378 g/mol. The molecule has 148 valence electrons. The molecule has 4 rings (SSSR count). The number of fused-ring (bicyclic) bond motifs is 2. The molecule has 1 saturated heterocycles. The van der Waals surface area contributed by atoms with Crippen LogP contribution in [0.1, 0.15) is 40.4 Å². The molecule has 2 aliphatic heterocycles. The molecular formula is C19H23N5O3S. The maximum Gasteiger partial charge on any atom is 0.272 e. The van der Waals surface area contributed by atoms with Crippen LogP contribution in [0.3, 0.4) is 0 Å². The fourth-order valence-corrected chi connectivity index (χ4v) is 5.05. The Labute approximate surface area is 164 Å². The minimum atomic E-state index is -3.23. The maximum absolute atomic E-state index is 13.0. The van der Waals surface area contributed by atoms with Crippen LogP contribution in [-0.2, 0) is 22.0 Å². The lowest BCUT2D eigenvalue weighted by atomic mass is 9.72. The number of hydrogen-bond donors (Lipinski definition) is 0. The number of hydrogen-bond acceptors (Lipinski definition) is 6. The Morgan fingerprint density at radius 2 is 1.93 bits per heavy atom. The predicted octanol–water partition coefficient (Wildman–Crippen LogP) is 1.13. The molecule has 2 aliphatic rings. The number of carbonyl (C=O) groups excluding carboxylic acids is 1. The Morgan fingerprint density at radius 1 is 1.18 bits per heavy atom. The smallest absolute Gasteiger partial charge is 0.272 e. The van der Waals surface area contributed by atoms with Gasteiger partial charge in [0.05, 0.1) is 11.9 Å². The van der Waals surface area contributed by atoms with Crippen molar-refractivity contribution in [1.82, 2.24) is 24.2 Å². The van der Waals surface area contributed by atoms with Gasteiger partial charge in [-0.25, -0.2) is 22.7 Å². The first kappa shape index (κ1) is 18.9. The third-order valence-electron chi connectivity index (χ3n) is 5.66. The van der Waals surface area contributed by atoms with E-state index in [2.05, 4.69) is 9.97 Å². The fourth-order valence-electron chi connectivity index (χ4n) is 4.21. The minimum Gasteiger partial charge on any atom is -0.332 e. The van der Waals surface area contributed by atoms with Crippen molar-refractivity contribution in [3.8, 4) is 0 Å². The second-order valence-corrected chi connectivity index (χ2v) is 9.59. The first-order chi connectivity index (χ1) is 13.3. The lowest BCUT2D eigenvalue weighted by Gasteiger charge is -2.47. The molecule has 0 radical (unpaired) electrons. The number of piperidine rings is 1. The van der Waals surface area contributed by atoms with Crippen molar-refractivity contribution < 1.29 is 13.2 Å². The van der Waals surface area contributed by atoms with Crippen LogP contribution in [-0.4, -0.2) is 64.4 Å². The van der Waals surface area contributed by atoms with E-state index in [-0.39, 0.29) is 11.3 Å². The fraction of sp³-hybridized carbons (Fsp3) is 0.474. The zero-order chi connectivity index (χ0) is 19.9. The average Bonchev–Trinajstić information content (AvgIpc) is 2.68. The van der Waals surface area contributed by atoms with E-state index in [1.807, 2.05) is 6.92 Å². The van der Waals surface area contributed by atoms with E-state index in [9.17, 15) is 13.2 Å². The van der Waals surface area contributed by atoms with E-state index in [4.69, 9.17) is 4.98 Å². The first-order valence-electron chi connectivity index (χ1n) is 9.27. The summed E-state index contributed by atoms with van der Waals surface area (Å²) in [4.78, 5) is 28.1. The van der Waals surface area contributed by atoms with E-state index >= 15 is 0 Å². The molecule has 1 amide bonds. The van der Waals surface area contributed by atoms with Crippen molar-refractivity contribution >= 4 is 15.9 Å². The Balaban J connectivity index is 1.69. The summed E-state index contributed by atoms with van der Waals surface area (Å²) in [6, 6.07) is 5.29. The Morgan fingerprint density at radius 3 is 2.57 bits per heavy atom. The van der Waals surface area contributed by atoms with Crippen LogP contribution in [0.4, 0.5) is 0 Å². The monoisotopic (exact) mass is 401 g/mol. The summed E-state index contributed by atoms with van der Waals surface area (Å²) in [5, 5.41) is 0. The normalized spacial score (nSPS) is 19.4. The molecule has 0 saturated carbocycles. The highest BCUT2D eigenvalue weighted by atomic mass is 32.2. The third kappa shape index (κ3) is 3.40. The van der Waals surface area contributed by atoms with Gasteiger partial charge in [0.1, 0.15) is 11.5 Å². The van der Waals surface area contributed by atoms with Gasteiger partial charge in [-0.05, 0) is 31.9 Å². The summed E-state index contributed by atoms with van der Waals surface area (Å²) < 4.78 is 25.4. The van der Waals surface area contributed by atoms with Gasteiger partial charge in [-0.1, -0.05) is 6.07 Å². The van der Waals surface area contributed by atoms with Crippen molar-refractivity contribution in [2.24, 2.45) is 0 Å². The van der Waals surface area contributed by atoms with Gasteiger partial charge in [0.15, 0.2) is 0 Å². The standard InChI is InChI=1S/C19H23N5O3S/c1-14-21-11-15-12-23(18(25)16-5-3-4-8-20-16)13-19(17(15)22-14)6-9-24(10-7-19)28(2,26)27/h3-5,8,11H,6-7,9-10,12-13H2,1-2H3. The molecule has 0 unspecified atom stereocenters. The number of rotatable bonds is 2. The molecule has 0 aliphatic carbocycles. The van der Waals surface area contributed by atoms with Crippen LogP contribution in [0, 0.1) is 6.92 Å². The van der Waals surface area contributed by atoms with Crippen molar-refractivity contribution in [1.29, 1.82) is 0 Å². The van der Waals surface area contributed by atoms with Crippen LogP contribution < -0.4 is 0 Å². The topological polar surface area (TPSA) is 96.4 Å². The molecule has 0 bridgehead atoms. The van der Waals surface area contributed by atoms with Crippen LogP contribution >= 0.6 is 0 Å². The molecule has 0 aromatic carbocycles. The largest absolute Gasteiger partial charge is 0.332 e. The van der Waals surface area contributed by atoms with E-state index in [0.717, 1.165) is 11.3 Å². The van der Waals surface area contributed by atoms with Gasteiger partial charge >= 0.3 is 0 Å².